The van der Waals surface area contributed by atoms with Crippen molar-refractivity contribution in [3.05, 3.63) is 45.6 Å². The molecule has 1 heterocycles. The summed E-state index contributed by atoms with van der Waals surface area (Å²) in [5, 5.41) is 9.01. The fraction of sp³-hybridized carbons (Fsp3) is 0.312. The van der Waals surface area contributed by atoms with Crippen LogP contribution < -0.4 is 9.47 Å². The molecule has 0 spiro atoms. The number of carboxylic acids is 1. The molecule has 0 unspecified atom stereocenters. The number of aryl methyl sites for hydroxylation is 1. The number of hydrogen-bond donors (Lipinski definition) is 1. The molecule has 2 aromatic rings. The topological polar surface area (TPSA) is 55.8 Å². The highest BCUT2D eigenvalue weighted by atomic mass is 32.1. The maximum atomic E-state index is 11.0. The first-order valence-corrected chi connectivity index (χ1v) is 7.66. The molecular weight excluding hydrogens is 288 g/mol. The van der Waals surface area contributed by atoms with E-state index in [0.717, 1.165) is 11.3 Å². The van der Waals surface area contributed by atoms with E-state index in [1.807, 2.05) is 6.92 Å². The minimum Gasteiger partial charge on any atom is -0.490 e. The highest BCUT2D eigenvalue weighted by Crippen LogP contribution is 2.30. The van der Waals surface area contributed by atoms with Crippen molar-refractivity contribution in [1.29, 1.82) is 0 Å². The second-order valence-electron chi connectivity index (χ2n) is 4.41. The Balaban J connectivity index is 2.12. The zero-order chi connectivity index (χ0) is 15.2. The normalized spacial score (nSPS) is 10.4. The summed E-state index contributed by atoms with van der Waals surface area (Å²) >= 11 is 1.72. The fourth-order valence-electron chi connectivity index (χ4n) is 1.87. The average molecular weight is 306 g/mol. The minimum atomic E-state index is -0.978. The number of hydrogen-bond acceptors (Lipinski definition) is 4. The smallest absolute Gasteiger partial charge is 0.335 e. The molecule has 1 aromatic carbocycles. The van der Waals surface area contributed by atoms with Crippen molar-refractivity contribution in [2.45, 2.75) is 26.9 Å². The number of rotatable bonds is 7. The van der Waals surface area contributed by atoms with Crippen LogP contribution in [0.1, 0.15) is 34.0 Å². The van der Waals surface area contributed by atoms with Crippen molar-refractivity contribution in [1.82, 2.24) is 0 Å². The van der Waals surface area contributed by atoms with E-state index in [1.165, 1.54) is 17.0 Å². The van der Waals surface area contributed by atoms with E-state index in [9.17, 15) is 4.79 Å². The Hall–Kier alpha value is -2.01. The molecule has 21 heavy (non-hydrogen) atoms. The molecule has 0 saturated heterocycles. The molecule has 0 bridgehead atoms. The number of benzene rings is 1. The van der Waals surface area contributed by atoms with Crippen LogP contribution in [0.15, 0.2) is 30.3 Å². The third kappa shape index (κ3) is 3.98. The number of ether oxygens (including phenoxy) is 2. The molecule has 0 saturated carbocycles. The molecule has 112 valence electrons. The average Bonchev–Trinajstić information content (AvgIpc) is 2.94. The summed E-state index contributed by atoms with van der Waals surface area (Å²) in [7, 11) is 0. The largest absolute Gasteiger partial charge is 0.490 e. The van der Waals surface area contributed by atoms with Crippen LogP contribution in [-0.2, 0) is 13.0 Å². The summed E-state index contributed by atoms with van der Waals surface area (Å²) in [5.41, 5.74) is 0.190. The van der Waals surface area contributed by atoms with E-state index in [1.54, 1.807) is 17.4 Å². The van der Waals surface area contributed by atoms with Gasteiger partial charge in [-0.25, -0.2) is 4.79 Å². The first kappa shape index (κ1) is 15.4. The van der Waals surface area contributed by atoms with Crippen molar-refractivity contribution in [2.24, 2.45) is 0 Å². The van der Waals surface area contributed by atoms with Crippen molar-refractivity contribution in [3.8, 4) is 11.5 Å². The second-order valence-corrected chi connectivity index (χ2v) is 5.66. The molecule has 0 amide bonds. The van der Waals surface area contributed by atoms with Crippen LogP contribution in [0.3, 0.4) is 0 Å². The Kier molecular flexibility index (Phi) is 5.22. The van der Waals surface area contributed by atoms with Gasteiger partial charge < -0.3 is 14.6 Å². The van der Waals surface area contributed by atoms with Gasteiger partial charge in [-0.05, 0) is 43.7 Å². The van der Waals surface area contributed by atoms with Crippen LogP contribution in [-0.4, -0.2) is 17.7 Å². The maximum absolute atomic E-state index is 11.0. The fourth-order valence-corrected chi connectivity index (χ4v) is 2.74. The molecule has 5 heteroatoms. The van der Waals surface area contributed by atoms with E-state index in [0.29, 0.717) is 24.7 Å². The lowest BCUT2D eigenvalue weighted by Gasteiger charge is -2.12. The Morgan fingerprint density at radius 1 is 1.10 bits per heavy atom. The summed E-state index contributed by atoms with van der Waals surface area (Å²) in [6.07, 6.45) is 1.02. The molecule has 4 nitrogen and oxygen atoms in total. The number of thiophene rings is 1. The molecule has 0 fully saturated rings. The minimum absolute atomic E-state index is 0.190. The van der Waals surface area contributed by atoms with Gasteiger partial charge in [0.05, 0.1) is 12.2 Å². The monoisotopic (exact) mass is 306 g/mol. The molecule has 2 rings (SSSR count). The Bertz CT molecular complexity index is 618. The van der Waals surface area contributed by atoms with Gasteiger partial charge in [0, 0.05) is 9.75 Å². The van der Waals surface area contributed by atoms with E-state index < -0.39 is 5.97 Å². The summed E-state index contributed by atoms with van der Waals surface area (Å²) in [4.78, 5) is 13.4. The summed E-state index contributed by atoms with van der Waals surface area (Å²) in [5.74, 6) is 0.0475. The van der Waals surface area contributed by atoms with Gasteiger partial charge in [-0.2, -0.15) is 0 Å². The van der Waals surface area contributed by atoms with Gasteiger partial charge in [0.15, 0.2) is 11.5 Å². The predicted molar refractivity (Wildman–Crippen MR) is 82.6 cm³/mol. The Morgan fingerprint density at radius 2 is 1.86 bits per heavy atom. The van der Waals surface area contributed by atoms with E-state index in [-0.39, 0.29) is 5.56 Å². The lowest BCUT2D eigenvalue weighted by Crippen LogP contribution is -2.02. The summed E-state index contributed by atoms with van der Waals surface area (Å²) in [6.45, 7) is 4.88. The second kappa shape index (κ2) is 7.13. The zero-order valence-electron chi connectivity index (χ0n) is 12.1. The van der Waals surface area contributed by atoms with E-state index in [4.69, 9.17) is 14.6 Å². The quantitative estimate of drug-likeness (QED) is 0.840. The van der Waals surface area contributed by atoms with Crippen LogP contribution in [0, 0.1) is 0 Å². The Morgan fingerprint density at radius 3 is 2.48 bits per heavy atom. The van der Waals surface area contributed by atoms with Gasteiger partial charge >= 0.3 is 5.97 Å². The summed E-state index contributed by atoms with van der Waals surface area (Å²) < 4.78 is 11.2. The Labute approximate surface area is 128 Å². The third-order valence-corrected chi connectivity index (χ3v) is 4.13. The molecule has 1 N–H and O–H groups in total. The molecule has 0 aliphatic carbocycles. The maximum Gasteiger partial charge on any atom is 0.335 e. The highest BCUT2D eigenvalue weighted by molar-refractivity contribution is 7.11. The molecule has 0 atom stereocenters. The van der Waals surface area contributed by atoms with Crippen LogP contribution in [0.4, 0.5) is 0 Å². The standard InChI is InChI=1S/C16H18O4S/c1-3-12-6-7-13(21-12)10-20-14-8-5-11(16(17)18)9-15(14)19-4-2/h5-9H,3-4,10H2,1-2H3,(H,17,18). The zero-order valence-corrected chi connectivity index (χ0v) is 12.9. The van der Waals surface area contributed by atoms with E-state index in [2.05, 4.69) is 19.1 Å². The van der Waals surface area contributed by atoms with Gasteiger partial charge in [-0.15, -0.1) is 11.3 Å². The van der Waals surface area contributed by atoms with Crippen LogP contribution in [0.25, 0.3) is 0 Å². The number of carboxylic acid groups (broad SMARTS) is 1. The molecule has 0 aliphatic rings. The first-order chi connectivity index (χ1) is 10.1. The van der Waals surface area contributed by atoms with Crippen molar-refractivity contribution < 1.29 is 19.4 Å². The molecule has 0 radical (unpaired) electrons. The van der Waals surface area contributed by atoms with Gasteiger partial charge in [-0.3, -0.25) is 0 Å². The highest BCUT2D eigenvalue weighted by Gasteiger charge is 2.11. The number of aromatic carboxylic acids is 1. The third-order valence-electron chi connectivity index (χ3n) is 2.93. The SMILES string of the molecule is CCOc1cc(C(=O)O)ccc1OCc1ccc(CC)s1. The van der Waals surface area contributed by atoms with Gasteiger partial charge in [0.2, 0.25) is 0 Å². The van der Waals surface area contributed by atoms with Crippen LogP contribution in [0.2, 0.25) is 0 Å². The van der Waals surface area contributed by atoms with Crippen molar-refractivity contribution >= 4 is 17.3 Å². The first-order valence-electron chi connectivity index (χ1n) is 6.84. The lowest BCUT2D eigenvalue weighted by molar-refractivity contribution is 0.0696. The van der Waals surface area contributed by atoms with Crippen molar-refractivity contribution in [2.75, 3.05) is 6.61 Å². The number of carbonyl (C=O) groups is 1. The molecule has 0 aliphatic heterocycles. The van der Waals surface area contributed by atoms with Gasteiger partial charge in [0.25, 0.3) is 0 Å². The molecule has 1 aromatic heterocycles. The van der Waals surface area contributed by atoms with Crippen LogP contribution >= 0.6 is 11.3 Å². The van der Waals surface area contributed by atoms with Crippen LogP contribution in [0.5, 0.6) is 11.5 Å². The van der Waals surface area contributed by atoms with Gasteiger partial charge in [0.1, 0.15) is 6.61 Å². The van der Waals surface area contributed by atoms with Gasteiger partial charge in [-0.1, -0.05) is 6.92 Å². The van der Waals surface area contributed by atoms with Crippen molar-refractivity contribution in [3.63, 3.8) is 0 Å². The summed E-state index contributed by atoms with van der Waals surface area (Å²) in [6, 6.07) is 8.80. The predicted octanol–water partition coefficient (Wildman–Crippen LogP) is 3.99. The van der Waals surface area contributed by atoms with E-state index >= 15 is 0 Å². The lowest BCUT2D eigenvalue weighted by atomic mass is 10.2. The molecular formula is C16H18O4S.